The number of nitrogens with zero attached hydrogens (tertiary/aromatic N) is 1. The highest BCUT2D eigenvalue weighted by molar-refractivity contribution is 9.10. The zero-order valence-corrected chi connectivity index (χ0v) is 11.9. The number of benzene rings is 1. The number of hydrogen-bond acceptors (Lipinski definition) is 1. The van der Waals surface area contributed by atoms with Crippen molar-refractivity contribution in [2.24, 2.45) is 0 Å². The van der Waals surface area contributed by atoms with Gasteiger partial charge in [-0.05, 0) is 25.5 Å². The Hall–Kier alpha value is -0.540. The van der Waals surface area contributed by atoms with Gasteiger partial charge in [-0.1, -0.05) is 45.7 Å². The van der Waals surface area contributed by atoms with E-state index in [1.165, 1.54) is 0 Å². The molecule has 0 N–H and O–H groups in total. The number of carbonyl (C=O) groups is 1. The summed E-state index contributed by atoms with van der Waals surface area (Å²) in [6.07, 6.45) is 0. The average Bonchev–Trinajstić information content (AvgIpc) is 2.26. The maximum atomic E-state index is 11.8. The first-order chi connectivity index (χ1) is 7.45. The molecule has 2 atom stereocenters. The monoisotopic (exact) mass is 303 g/mol. The molecule has 0 saturated heterocycles. The van der Waals surface area contributed by atoms with Gasteiger partial charge in [0.15, 0.2) is 0 Å². The molecule has 0 spiro atoms. The van der Waals surface area contributed by atoms with Crippen LogP contribution in [0, 0.1) is 0 Å². The van der Waals surface area contributed by atoms with Crippen LogP contribution in [0.5, 0.6) is 0 Å². The minimum atomic E-state index is -0.178. The largest absolute Gasteiger partial charge is 0.338 e. The topological polar surface area (TPSA) is 20.3 Å². The Balaban J connectivity index is 2.90. The predicted octanol–water partition coefficient (Wildman–Crippen LogP) is 3.64. The minimum Gasteiger partial charge on any atom is -0.338 e. The first-order valence-electron chi connectivity index (χ1n) is 5.10. The van der Waals surface area contributed by atoms with Gasteiger partial charge in [0.1, 0.15) is 0 Å². The van der Waals surface area contributed by atoms with Gasteiger partial charge in [0.05, 0.1) is 10.9 Å². The van der Waals surface area contributed by atoms with Crippen molar-refractivity contribution < 1.29 is 4.79 Å². The summed E-state index contributed by atoms with van der Waals surface area (Å²) in [6.45, 7) is 3.78. The van der Waals surface area contributed by atoms with Gasteiger partial charge in [-0.25, -0.2) is 0 Å². The maximum Gasteiger partial charge on any atom is 0.236 e. The van der Waals surface area contributed by atoms with Crippen molar-refractivity contribution >= 4 is 33.4 Å². The fourth-order valence-corrected chi connectivity index (χ4v) is 2.11. The molecule has 0 saturated carbocycles. The van der Waals surface area contributed by atoms with Crippen molar-refractivity contribution in [3.8, 4) is 0 Å². The summed E-state index contributed by atoms with van der Waals surface area (Å²) in [4.78, 5) is 13.3. The third-order valence-corrected chi connectivity index (χ3v) is 3.36. The first kappa shape index (κ1) is 13.5. The van der Waals surface area contributed by atoms with Gasteiger partial charge in [0.2, 0.25) is 5.91 Å². The molecule has 2 unspecified atom stereocenters. The van der Waals surface area contributed by atoms with E-state index in [1.54, 1.807) is 11.9 Å². The van der Waals surface area contributed by atoms with E-state index < -0.39 is 0 Å². The summed E-state index contributed by atoms with van der Waals surface area (Å²) in [5.41, 5.74) is 0.966. The molecule has 88 valence electrons. The SMILES string of the molecule is CC(Br)C(=O)N(C)C(C)c1ccccc1Cl. The van der Waals surface area contributed by atoms with Gasteiger partial charge in [-0.2, -0.15) is 0 Å². The molecule has 2 nitrogen and oxygen atoms in total. The van der Waals surface area contributed by atoms with Gasteiger partial charge in [0, 0.05) is 12.1 Å². The van der Waals surface area contributed by atoms with Crippen LogP contribution in [-0.2, 0) is 4.79 Å². The Morgan fingerprint density at radius 3 is 2.44 bits per heavy atom. The quantitative estimate of drug-likeness (QED) is 0.781. The van der Waals surface area contributed by atoms with Gasteiger partial charge in [-0.3, -0.25) is 4.79 Å². The van der Waals surface area contributed by atoms with Crippen LogP contribution < -0.4 is 0 Å². The molecule has 1 aromatic rings. The zero-order valence-electron chi connectivity index (χ0n) is 9.58. The predicted molar refractivity (Wildman–Crippen MR) is 71.0 cm³/mol. The molecule has 0 radical (unpaired) electrons. The lowest BCUT2D eigenvalue weighted by atomic mass is 10.1. The van der Waals surface area contributed by atoms with Crippen LogP contribution >= 0.6 is 27.5 Å². The number of rotatable bonds is 3. The van der Waals surface area contributed by atoms with Gasteiger partial charge < -0.3 is 4.90 Å². The van der Waals surface area contributed by atoms with Crippen molar-refractivity contribution in [1.29, 1.82) is 0 Å². The Morgan fingerprint density at radius 2 is 1.94 bits per heavy atom. The zero-order chi connectivity index (χ0) is 12.3. The first-order valence-corrected chi connectivity index (χ1v) is 6.39. The summed E-state index contributed by atoms with van der Waals surface area (Å²) in [7, 11) is 1.79. The smallest absolute Gasteiger partial charge is 0.236 e. The second-order valence-electron chi connectivity index (χ2n) is 3.76. The average molecular weight is 305 g/mol. The van der Waals surface area contributed by atoms with Crippen molar-refractivity contribution in [1.82, 2.24) is 4.90 Å². The van der Waals surface area contributed by atoms with E-state index in [0.29, 0.717) is 5.02 Å². The summed E-state index contributed by atoms with van der Waals surface area (Å²) in [5.74, 6) is 0.0485. The molecule has 0 bridgehead atoms. The fourth-order valence-electron chi connectivity index (χ4n) is 1.49. The summed E-state index contributed by atoms with van der Waals surface area (Å²) < 4.78 is 0. The number of hydrogen-bond donors (Lipinski definition) is 0. The van der Waals surface area contributed by atoms with E-state index in [2.05, 4.69) is 15.9 Å². The molecule has 0 aliphatic carbocycles. The molecule has 4 heteroatoms. The lowest BCUT2D eigenvalue weighted by Crippen LogP contribution is -2.34. The summed E-state index contributed by atoms with van der Waals surface area (Å²) >= 11 is 9.37. The van der Waals surface area contributed by atoms with Crippen LogP contribution in [0.1, 0.15) is 25.5 Å². The molecule has 16 heavy (non-hydrogen) atoms. The van der Waals surface area contributed by atoms with E-state index >= 15 is 0 Å². The van der Waals surface area contributed by atoms with E-state index in [-0.39, 0.29) is 16.8 Å². The van der Waals surface area contributed by atoms with Crippen molar-refractivity contribution in [3.05, 3.63) is 34.9 Å². The third-order valence-electron chi connectivity index (χ3n) is 2.62. The molecule has 1 aromatic carbocycles. The molecule has 0 aromatic heterocycles. The van der Waals surface area contributed by atoms with Gasteiger partial charge in [-0.15, -0.1) is 0 Å². The standard InChI is InChI=1S/C12H15BrClNO/c1-8(13)12(16)15(3)9(2)10-6-4-5-7-11(10)14/h4-9H,1-3H3. The second-order valence-corrected chi connectivity index (χ2v) is 5.54. The van der Waals surface area contributed by atoms with Crippen molar-refractivity contribution in [2.75, 3.05) is 7.05 Å². The van der Waals surface area contributed by atoms with Crippen LogP contribution in [0.2, 0.25) is 5.02 Å². The second kappa shape index (κ2) is 5.69. The maximum absolute atomic E-state index is 11.8. The molecular weight excluding hydrogens is 289 g/mol. The lowest BCUT2D eigenvalue weighted by molar-refractivity contribution is -0.130. The van der Waals surface area contributed by atoms with E-state index in [9.17, 15) is 4.79 Å². The number of alkyl halides is 1. The minimum absolute atomic E-state index is 0.0267. The van der Waals surface area contributed by atoms with Crippen LogP contribution in [0.3, 0.4) is 0 Å². The summed E-state index contributed by atoms with van der Waals surface area (Å²) in [6, 6.07) is 7.56. The molecule has 0 fully saturated rings. The van der Waals surface area contributed by atoms with Crippen LogP contribution in [0.15, 0.2) is 24.3 Å². The van der Waals surface area contributed by atoms with E-state index in [1.807, 2.05) is 38.1 Å². The fraction of sp³-hybridized carbons (Fsp3) is 0.417. The number of amides is 1. The Kier molecular flexibility index (Phi) is 4.81. The Bertz CT molecular complexity index is 381. The van der Waals surface area contributed by atoms with Crippen LogP contribution in [0.25, 0.3) is 0 Å². The third kappa shape index (κ3) is 2.98. The number of carbonyl (C=O) groups excluding carboxylic acids is 1. The lowest BCUT2D eigenvalue weighted by Gasteiger charge is -2.27. The van der Waals surface area contributed by atoms with Crippen LogP contribution in [0.4, 0.5) is 0 Å². The van der Waals surface area contributed by atoms with Crippen LogP contribution in [-0.4, -0.2) is 22.7 Å². The van der Waals surface area contributed by atoms with Gasteiger partial charge >= 0.3 is 0 Å². The molecule has 0 heterocycles. The van der Waals surface area contributed by atoms with E-state index in [4.69, 9.17) is 11.6 Å². The highest BCUT2D eigenvalue weighted by atomic mass is 79.9. The normalized spacial score (nSPS) is 14.3. The number of halogens is 2. The van der Waals surface area contributed by atoms with Crippen molar-refractivity contribution in [3.63, 3.8) is 0 Å². The molecule has 1 rings (SSSR count). The molecular formula is C12H15BrClNO. The molecule has 0 aliphatic rings. The molecule has 0 aliphatic heterocycles. The molecule has 1 amide bonds. The van der Waals surface area contributed by atoms with Gasteiger partial charge in [0.25, 0.3) is 0 Å². The Labute approximate surface area is 110 Å². The highest BCUT2D eigenvalue weighted by Gasteiger charge is 2.21. The summed E-state index contributed by atoms with van der Waals surface area (Å²) in [5, 5.41) is 0.692. The van der Waals surface area contributed by atoms with E-state index in [0.717, 1.165) is 5.56 Å². The highest BCUT2D eigenvalue weighted by Crippen LogP contribution is 2.26. The Morgan fingerprint density at radius 1 is 1.38 bits per heavy atom. The van der Waals surface area contributed by atoms with Crippen molar-refractivity contribution in [2.45, 2.75) is 24.7 Å².